The molecule has 0 atom stereocenters. The number of hydrogen-bond donors (Lipinski definition) is 0. The highest BCUT2D eigenvalue weighted by molar-refractivity contribution is 9.10. The monoisotopic (exact) mass is 380 g/mol. The second-order valence-corrected chi connectivity index (χ2v) is 13.4. The third kappa shape index (κ3) is 5.88. The Bertz CT molecular complexity index is 430. The van der Waals surface area contributed by atoms with Crippen LogP contribution in [0.5, 0.6) is 0 Å². The molecule has 6 heteroatoms. The third-order valence-electron chi connectivity index (χ3n) is 3.04. The fourth-order valence-electron chi connectivity index (χ4n) is 1.84. The van der Waals surface area contributed by atoms with E-state index in [1.165, 1.54) is 6.04 Å². The van der Waals surface area contributed by atoms with E-state index in [0.717, 1.165) is 29.1 Å². The molecule has 3 nitrogen and oxygen atoms in total. The predicted octanol–water partition coefficient (Wildman–Crippen LogP) is 4.90. The van der Waals surface area contributed by atoms with Crippen LogP contribution >= 0.6 is 27.5 Å². The highest BCUT2D eigenvalue weighted by atomic mass is 79.9. The average molecular weight is 382 g/mol. The number of halogens is 2. The molecule has 20 heavy (non-hydrogen) atoms. The summed E-state index contributed by atoms with van der Waals surface area (Å²) in [6, 6.07) is 1.18. The first-order chi connectivity index (χ1) is 9.24. The van der Waals surface area contributed by atoms with E-state index in [0.29, 0.717) is 18.5 Å². The molecule has 0 fully saturated rings. The Morgan fingerprint density at radius 2 is 2.00 bits per heavy atom. The number of alkyl halides is 1. The Labute approximate surface area is 137 Å². The minimum absolute atomic E-state index is 0.447. The van der Waals surface area contributed by atoms with E-state index in [-0.39, 0.29) is 0 Å². The van der Waals surface area contributed by atoms with Crippen LogP contribution in [0.25, 0.3) is 0 Å². The molecule has 116 valence electrons. The number of imidazole rings is 1. The Kier molecular flexibility index (Phi) is 7.25. The van der Waals surface area contributed by atoms with E-state index in [2.05, 4.69) is 59.0 Å². The van der Waals surface area contributed by atoms with Gasteiger partial charge in [-0.1, -0.05) is 33.5 Å². The van der Waals surface area contributed by atoms with Crippen molar-refractivity contribution in [3.63, 3.8) is 0 Å². The van der Waals surface area contributed by atoms with Crippen molar-refractivity contribution in [3.05, 3.63) is 16.1 Å². The standard InChI is InChI=1S/C14H26BrClN2OSi/c1-11(2)8-13-17-14(15)12(9-16)18(13)10-19-6-7-20(3,4)5/h11H,6-10H2,1-5H3. The van der Waals surface area contributed by atoms with Crippen molar-refractivity contribution in [2.24, 2.45) is 5.92 Å². The molecule has 0 bridgehead atoms. The summed E-state index contributed by atoms with van der Waals surface area (Å²) in [5.41, 5.74) is 1.01. The summed E-state index contributed by atoms with van der Waals surface area (Å²) in [6.45, 7) is 12.8. The van der Waals surface area contributed by atoms with E-state index in [4.69, 9.17) is 16.3 Å². The van der Waals surface area contributed by atoms with Crippen molar-refractivity contribution in [3.8, 4) is 0 Å². The summed E-state index contributed by atoms with van der Waals surface area (Å²) in [5, 5.41) is 0. The van der Waals surface area contributed by atoms with E-state index in [1.807, 2.05) is 0 Å². The molecule has 0 aliphatic carbocycles. The van der Waals surface area contributed by atoms with Crippen LogP contribution in [0.2, 0.25) is 25.7 Å². The number of ether oxygens (including phenoxy) is 1. The maximum Gasteiger partial charge on any atom is 0.128 e. The van der Waals surface area contributed by atoms with Crippen LogP contribution in [0.1, 0.15) is 25.4 Å². The van der Waals surface area contributed by atoms with Crippen LogP contribution in [0.15, 0.2) is 4.60 Å². The van der Waals surface area contributed by atoms with Gasteiger partial charge < -0.3 is 9.30 Å². The van der Waals surface area contributed by atoms with Gasteiger partial charge in [-0.3, -0.25) is 0 Å². The van der Waals surface area contributed by atoms with Gasteiger partial charge in [0.05, 0.1) is 11.6 Å². The Morgan fingerprint density at radius 1 is 1.35 bits per heavy atom. The van der Waals surface area contributed by atoms with Gasteiger partial charge in [-0.05, 0) is 27.9 Å². The molecule has 0 N–H and O–H groups in total. The van der Waals surface area contributed by atoms with E-state index in [1.54, 1.807) is 0 Å². The van der Waals surface area contributed by atoms with Gasteiger partial charge in [0.1, 0.15) is 17.2 Å². The van der Waals surface area contributed by atoms with E-state index < -0.39 is 8.07 Å². The topological polar surface area (TPSA) is 27.1 Å². The SMILES string of the molecule is CC(C)Cc1nc(Br)c(CCl)n1COCC[Si](C)(C)C. The molecule has 0 radical (unpaired) electrons. The van der Waals surface area contributed by atoms with Crippen molar-refractivity contribution >= 4 is 35.6 Å². The molecule has 1 heterocycles. The van der Waals surface area contributed by atoms with E-state index >= 15 is 0 Å². The Balaban J connectivity index is 2.71. The zero-order chi connectivity index (χ0) is 15.3. The third-order valence-corrected chi connectivity index (χ3v) is 5.63. The fourth-order valence-corrected chi connectivity index (χ4v) is 3.59. The maximum absolute atomic E-state index is 6.03. The summed E-state index contributed by atoms with van der Waals surface area (Å²) in [4.78, 5) is 4.57. The molecule has 0 unspecified atom stereocenters. The summed E-state index contributed by atoms with van der Waals surface area (Å²) in [6.07, 6.45) is 0.937. The van der Waals surface area contributed by atoms with Gasteiger partial charge in [0.25, 0.3) is 0 Å². The van der Waals surface area contributed by atoms with Gasteiger partial charge in [0, 0.05) is 21.1 Å². The molecular weight excluding hydrogens is 356 g/mol. The second kappa shape index (κ2) is 7.97. The first kappa shape index (κ1) is 18.2. The van der Waals surface area contributed by atoms with Crippen LogP contribution in [-0.4, -0.2) is 24.2 Å². The first-order valence-electron chi connectivity index (χ1n) is 7.12. The molecule has 0 aliphatic rings. The van der Waals surface area contributed by atoms with Crippen LogP contribution in [-0.2, 0) is 23.8 Å². The molecule has 1 aromatic rings. The van der Waals surface area contributed by atoms with Gasteiger partial charge in [0.15, 0.2) is 0 Å². The van der Waals surface area contributed by atoms with Crippen molar-refractivity contribution in [1.29, 1.82) is 0 Å². The first-order valence-corrected chi connectivity index (χ1v) is 12.2. The second-order valence-electron chi connectivity index (χ2n) is 6.77. The molecular formula is C14H26BrClN2OSi. The van der Waals surface area contributed by atoms with Gasteiger partial charge in [-0.15, -0.1) is 11.6 Å². The number of hydrogen-bond acceptors (Lipinski definition) is 2. The average Bonchev–Trinajstić information content (AvgIpc) is 2.58. The predicted molar refractivity (Wildman–Crippen MR) is 92.1 cm³/mol. The maximum atomic E-state index is 6.03. The van der Waals surface area contributed by atoms with Gasteiger partial charge in [-0.2, -0.15) is 0 Å². The molecule has 1 rings (SSSR count). The van der Waals surface area contributed by atoms with Gasteiger partial charge in [0.2, 0.25) is 0 Å². The van der Waals surface area contributed by atoms with Crippen LogP contribution < -0.4 is 0 Å². The smallest absolute Gasteiger partial charge is 0.128 e. The normalized spacial score (nSPS) is 12.4. The fraction of sp³-hybridized carbons (Fsp3) is 0.786. The van der Waals surface area contributed by atoms with Crippen LogP contribution in [0.3, 0.4) is 0 Å². The van der Waals surface area contributed by atoms with Crippen LogP contribution in [0.4, 0.5) is 0 Å². The van der Waals surface area contributed by atoms with Crippen molar-refractivity contribution < 1.29 is 4.74 Å². The molecule has 0 aliphatic heterocycles. The minimum Gasteiger partial charge on any atom is -0.361 e. The lowest BCUT2D eigenvalue weighted by Crippen LogP contribution is -2.22. The van der Waals surface area contributed by atoms with Crippen molar-refractivity contribution in [2.75, 3.05) is 6.61 Å². The minimum atomic E-state index is -1.04. The van der Waals surface area contributed by atoms with Gasteiger partial charge in [-0.25, -0.2) is 4.98 Å². The zero-order valence-electron chi connectivity index (χ0n) is 13.2. The molecule has 0 aromatic carbocycles. The Hall–Kier alpha value is 0.157. The summed E-state index contributed by atoms with van der Waals surface area (Å²) < 4.78 is 8.81. The number of aromatic nitrogens is 2. The molecule has 0 saturated heterocycles. The Morgan fingerprint density at radius 3 is 2.50 bits per heavy atom. The largest absolute Gasteiger partial charge is 0.361 e. The van der Waals surface area contributed by atoms with Crippen molar-refractivity contribution in [2.45, 2.75) is 58.6 Å². The summed E-state index contributed by atoms with van der Waals surface area (Å²) >= 11 is 9.53. The van der Waals surface area contributed by atoms with Crippen molar-refractivity contribution in [1.82, 2.24) is 9.55 Å². The number of rotatable bonds is 8. The summed E-state index contributed by atoms with van der Waals surface area (Å²) in [5.74, 6) is 2.06. The molecule has 0 saturated carbocycles. The lowest BCUT2D eigenvalue weighted by molar-refractivity contribution is 0.0833. The lowest BCUT2D eigenvalue weighted by Gasteiger charge is -2.17. The lowest BCUT2D eigenvalue weighted by atomic mass is 10.1. The van der Waals surface area contributed by atoms with Crippen LogP contribution in [0, 0.1) is 5.92 Å². The van der Waals surface area contributed by atoms with E-state index in [9.17, 15) is 0 Å². The molecule has 0 spiro atoms. The zero-order valence-corrected chi connectivity index (χ0v) is 16.5. The summed E-state index contributed by atoms with van der Waals surface area (Å²) in [7, 11) is -1.04. The van der Waals surface area contributed by atoms with Gasteiger partial charge >= 0.3 is 0 Å². The molecule has 0 amide bonds. The molecule has 1 aromatic heterocycles. The number of nitrogens with zero attached hydrogens (tertiary/aromatic N) is 2. The highest BCUT2D eigenvalue weighted by Gasteiger charge is 2.16. The quantitative estimate of drug-likeness (QED) is 0.364. The highest BCUT2D eigenvalue weighted by Crippen LogP contribution is 2.22.